The van der Waals surface area contributed by atoms with Crippen LogP contribution in [0.5, 0.6) is 0 Å². The molecule has 4 heteroatoms. The van der Waals surface area contributed by atoms with Gasteiger partial charge in [-0.05, 0) is 44.9 Å². The van der Waals surface area contributed by atoms with Crippen molar-refractivity contribution in [1.82, 2.24) is 0 Å². The molecular weight excluding hydrogens is 502 g/mol. The Hall–Kier alpha value is -0.0900. The van der Waals surface area contributed by atoms with Crippen LogP contribution in [0, 0.1) is 0 Å². The van der Waals surface area contributed by atoms with Gasteiger partial charge in [-0.15, -0.1) is 0 Å². The Kier molecular flexibility index (Phi) is 34.1. The van der Waals surface area contributed by atoms with Crippen molar-refractivity contribution in [1.29, 1.82) is 0 Å². The van der Waals surface area contributed by atoms with Gasteiger partial charge in [0.25, 0.3) is 0 Å². The number of hydrogen-bond donors (Lipinski definition) is 1. The maximum atomic E-state index is 10.4. The first-order valence-corrected chi connectivity index (χ1v) is 17.2. The lowest BCUT2D eigenvalue weighted by molar-refractivity contribution is -0.893. The number of hydrogen-bond acceptors (Lipinski definition) is 2. The van der Waals surface area contributed by atoms with E-state index in [0.29, 0.717) is 6.61 Å². The lowest BCUT2D eigenvalue weighted by atomic mass is 10.1. The number of aliphatic hydroxyl groups excluding tert-OH is 1. The highest BCUT2D eigenvalue weighted by Gasteiger charge is 2.20. The fraction of sp³-hybridized carbons (Fsp3) is 0.943. The van der Waals surface area contributed by atoms with Crippen molar-refractivity contribution in [3.63, 3.8) is 0 Å². The van der Waals surface area contributed by atoms with Gasteiger partial charge in [-0.3, -0.25) is 0 Å². The van der Waals surface area contributed by atoms with Crippen LogP contribution in [0.3, 0.4) is 0 Å². The molecule has 0 rings (SSSR count). The van der Waals surface area contributed by atoms with Crippen molar-refractivity contribution in [3.05, 3.63) is 12.2 Å². The van der Waals surface area contributed by atoms with Gasteiger partial charge in [0, 0.05) is 6.61 Å². The molecule has 0 aromatic rings. The highest BCUT2D eigenvalue weighted by atomic mass is 35.5. The van der Waals surface area contributed by atoms with Crippen LogP contribution < -0.4 is 12.4 Å². The van der Waals surface area contributed by atoms with E-state index in [1.807, 2.05) is 0 Å². The molecule has 0 aromatic carbocycles. The molecule has 0 spiro atoms. The summed E-state index contributed by atoms with van der Waals surface area (Å²) >= 11 is 0. The normalized spacial score (nSPS) is 12.7. The Morgan fingerprint density at radius 3 is 1.41 bits per heavy atom. The third kappa shape index (κ3) is 34.0. The molecule has 0 aromatic heterocycles. The van der Waals surface area contributed by atoms with Crippen LogP contribution >= 0.6 is 0 Å². The molecule has 0 aliphatic carbocycles. The zero-order valence-corrected chi connectivity index (χ0v) is 28.0. The van der Waals surface area contributed by atoms with E-state index in [4.69, 9.17) is 4.74 Å². The van der Waals surface area contributed by atoms with E-state index >= 15 is 0 Å². The topological polar surface area (TPSA) is 29.5 Å². The minimum atomic E-state index is -0.345. The molecule has 0 bridgehead atoms. The SMILES string of the molecule is CCCCCCCCC=CCCCCCCCCOCC(O)C[N+](C)(C)CCCCCCCCCCCC.[Cl-]. The minimum absolute atomic E-state index is 0. The van der Waals surface area contributed by atoms with Crippen LogP contribution in [-0.2, 0) is 4.74 Å². The molecule has 0 aliphatic heterocycles. The van der Waals surface area contributed by atoms with Crippen LogP contribution in [0.1, 0.15) is 168 Å². The number of nitrogens with zero attached hydrogens (tertiary/aromatic N) is 1. The second-order valence-corrected chi connectivity index (χ2v) is 12.7. The number of unbranched alkanes of at least 4 members (excludes halogenated alkanes) is 21. The van der Waals surface area contributed by atoms with Crippen molar-refractivity contribution in [2.45, 2.75) is 174 Å². The highest BCUT2D eigenvalue weighted by Crippen LogP contribution is 2.13. The summed E-state index contributed by atoms with van der Waals surface area (Å²) in [5.41, 5.74) is 0. The first-order valence-electron chi connectivity index (χ1n) is 17.2. The van der Waals surface area contributed by atoms with E-state index < -0.39 is 0 Å². The Balaban J connectivity index is 0. The van der Waals surface area contributed by atoms with Gasteiger partial charge >= 0.3 is 0 Å². The summed E-state index contributed by atoms with van der Waals surface area (Å²) in [6.07, 6.45) is 36.9. The lowest BCUT2D eigenvalue weighted by Gasteiger charge is -2.32. The monoisotopic (exact) mass is 574 g/mol. The van der Waals surface area contributed by atoms with E-state index in [2.05, 4.69) is 40.1 Å². The van der Waals surface area contributed by atoms with Gasteiger partial charge in [-0.2, -0.15) is 0 Å². The molecule has 1 atom stereocenters. The third-order valence-electron chi connectivity index (χ3n) is 7.93. The second-order valence-electron chi connectivity index (χ2n) is 12.7. The molecular formula is C35H72ClNO2. The summed E-state index contributed by atoms with van der Waals surface area (Å²) in [5, 5.41) is 10.4. The van der Waals surface area contributed by atoms with Gasteiger partial charge in [-0.25, -0.2) is 0 Å². The molecule has 1 unspecified atom stereocenters. The number of likely N-dealkylation sites (N-methyl/N-ethyl adjacent to an activating group) is 1. The molecule has 0 fully saturated rings. The average Bonchev–Trinajstić information content (AvgIpc) is 2.88. The van der Waals surface area contributed by atoms with E-state index in [1.54, 1.807) is 0 Å². The Morgan fingerprint density at radius 1 is 0.564 bits per heavy atom. The quantitative estimate of drug-likeness (QED) is 0.0531. The van der Waals surface area contributed by atoms with Gasteiger partial charge in [0.05, 0.1) is 27.2 Å². The second kappa shape index (κ2) is 32.4. The maximum absolute atomic E-state index is 10.4. The highest BCUT2D eigenvalue weighted by molar-refractivity contribution is 4.81. The van der Waals surface area contributed by atoms with Crippen molar-refractivity contribution >= 4 is 0 Å². The predicted molar refractivity (Wildman–Crippen MR) is 170 cm³/mol. The summed E-state index contributed by atoms with van der Waals surface area (Å²) in [6, 6.07) is 0. The van der Waals surface area contributed by atoms with Gasteiger partial charge < -0.3 is 26.7 Å². The van der Waals surface area contributed by atoms with Crippen LogP contribution in [0.15, 0.2) is 12.2 Å². The smallest absolute Gasteiger partial charge is 0.126 e. The van der Waals surface area contributed by atoms with Crippen molar-refractivity contribution < 1.29 is 26.7 Å². The minimum Gasteiger partial charge on any atom is -1.00 e. The van der Waals surface area contributed by atoms with Gasteiger partial charge in [0.15, 0.2) is 0 Å². The Bertz CT molecular complexity index is 483. The van der Waals surface area contributed by atoms with Gasteiger partial charge in [0.2, 0.25) is 0 Å². The van der Waals surface area contributed by atoms with Crippen LogP contribution in [0.2, 0.25) is 0 Å². The predicted octanol–water partition coefficient (Wildman–Crippen LogP) is 7.40. The largest absolute Gasteiger partial charge is 1.00 e. The molecule has 236 valence electrons. The summed E-state index contributed by atoms with van der Waals surface area (Å²) in [6.45, 7) is 7.81. The van der Waals surface area contributed by atoms with E-state index in [1.165, 1.54) is 148 Å². The van der Waals surface area contributed by atoms with Crippen molar-refractivity contribution in [2.24, 2.45) is 0 Å². The zero-order chi connectivity index (χ0) is 28.0. The summed E-state index contributed by atoms with van der Waals surface area (Å²) in [5.74, 6) is 0. The lowest BCUT2D eigenvalue weighted by Crippen LogP contribution is -3.00. The summed E-state index contributed by atoms with van der Waals surface area (Å²) in [7, 11) is 4.50. The number of aliphatic hydroxyl groups is 1. The molecule has 0 saturated heterocycles. The number of quaternary nitrogens is 1. The summed E-state index contributed by atoms with van der Waals surface area (Å²) < 4.78 is 6.69. The number of ether oxygens (including phenoxy) is 1. The molecule has 39 heavy (non-hydrogen) atoms. The fourth-order valence-corrected chi connectivity index (χ4v) is 5.41. The fourth-order valence-electron chi connectivity index (χ4n) is 5.41. The first-order chi connectivity index (χ1) is 18.5. The zero-order valence-electron chi connectivity index (χ0n) is 27.2. The van der Waals surface area contributed by atoms with Crippen molar-refractivity contribution in [2.75, 3.05) is 40.4 Å². The number of halogens is 1. The van der Waals surface area contributed by atoms with Crippen LogP contribution in [0.4, 0.5) is 0 Å². The van der Waals surface area contributed by atoms with Gasteiger partial charge in [-0.1, -0.05) is 135 Å². The number of rotatable bonds is 31. The van der Waals surface area contributed by atoms with Crippen LogP contribution in [0.25, 0.3) is 0 Å². The Morgan fingerprint density at radius 2 is 0.949 bits per heavy atom. The molecule has 0 aliphatic rings. The van der Waals surface area contributed by atoms with Gasteiger partial charge in [0.1, 0.15) is 12.6 Å². The molecule has 0 heterocycles. The molecule has 0 amide bonds. The Labute approximate surface area is 252 Å². The summed E-state index contributed by atoms with van der Waals surface area (Å²) in [4.78, 5) is 0. The third-order valence-corrected chi connectivity index (χ3v) is 7.93. The molecule has 1 N–H and O–H groups in total. The standard InChI is InChI=1S/C35H72NO2.ClH/c1-5-7-9-11-13-15-17-18-19-20-21-22-24-26-28-30-32-38-34-35(37)33-36(3,4)31-29-27-25-23-16-14-12-10-8-6-2;/h18-19,35,37H,5-17,20-34H2,1-4H3;1H/q+1;/p-1. The van der Waals surface area contributed by atoms with E-state index in [-0.39, 0.29) is 18.5 Å². The molecule has 0 saturated carbocycles. The van der Waals surface area contributed by atoms with Crippen LogP contribution in [-0.4, -0.2) is 56.1 Å². The van der Waals surface area contributed by atoms with E-state index in [9.17, 15) is 5.11 Å². The first kappa shape index (κ1) is 41.0. The maximum Gasteiger partial charge on any atom is 0.126 e. The van der Waals surface area contributed by atoms with Crippen molar-refractivity contribution in [3.8, 4) is 0 Å². The van der Waals surface area contributed by atoms with E-state index in [0.717, 1.165) is 30.6 Å². The molecule has 3 nitrogen and oxygen atoms in total. The average molecular weight is 574 g/mol. The molecule has 0 radical (unpaired) electrons. The number of allylic oxidation sites excluding steroid dienone is 2.